The van der Waals surface area contributed by atoms with E-state index in [4.69, 9.17) is 9.47 Å². The maximum absolute atomic E-state index is 11.5. The van der Waals surface area contributed by atoms with Crippen LogP contribution in [0.4, 0.5) is 9.59 Å². The molecule has 110 valence electrons. The molecule has 0 aromatic rings. The van der Waals surface area contributed by atoms with Gasteiger partial charge in [-0.15, -0.1) is 0 Å². The van der Waals surface area contributed by atoms with Gasteiger partial charge in [-0.05, 0) is 12.8 Å². The molecule has 2 aliphatic rings. The minimum atomic E-state index is -0.721. The van der Waals surface area contributed by atoms with Gasteiger partial charge in [-0.1, -0.05) is 0 Å². The molecule has 0 bridgehead atoms. The predicted octanol–water partition coefficient (Wildman–Crippen LogP) is 0.504. The Kier molecular flexibility index (Phi) is 4.54. The Morgan fingerprint density at radius 1 is 0.850 bits per heavy atom. The van der Waals surface area contributed by atoms with Crippen molar-refractivity contribution in [3.05, 3.63) is 0 Å². The number of ether oxygens (including phenoxy) is 2. The van der Waals surface area contributed by atoms with E-state index in [0.717, 1.165) is 9.80 Å². The molecule has 0 radical (unpaired) electrons. The van der Waals surface area contributed by atoms with Crippen LogP contribution in [0, 0.1) is 0 Å². The van der Waals surface area contributed by atoms with Crippen LogP contribution in [0.2, 0.25) is 0 Å². The van der Waals surface area contributed by atoms with Gasteiger partial charge in [-0.2, -0.15) is 0 Å². The summed E-state index contributed by atoms with van der Waals surface area (Å²) >= 11 is 0. The Morgan fingerprint density at radius 3 is 1.55 bits per heavy atom. The average molecular weight is 284 g/mol. The maximum Gasteiger partial charge on any atom is 0.416 e. The number of amides is 4. The summed E-state index contributed by atoms with van der Waals surface area (Å²) in [6.07, 6.45) is 0.532. The molecule has 8 heteroatoms. The zero-order valence-corrected chi connectivity index (χ0v) is 11.0. The van der Waals surface area contributed by atoms with E-state index in [1.165, 1.54) is 0 Å². The van der Waals surface area contributed by atoms with Crippen LogP contribution < -0.4 is 0 Å². The Hall–Kier alpha value is -2.12. The van der Waals surface area contributed by atoms with Crippen LogP contribution in [0.1, 0.15) is 25.7 Å². The fraction of sp³-hybridized carbons (Fsp3) is 0.667. The first-order valence-electron chi connectivity index (χ1n) is 6.54. The molecule has 0 spiro atoms. The average Bonchev–Trinajstić information content (AvgIpc) is 3.02. The molecule has 2 fully saturated rings. The van der Waals surface area contributed by atoms with Gasteiger partial charge in [0.15, 0.2) is 0 Å². The van der Waals surface area contributed by atoms with E-state index in [-0.39, 0.29) is 25.0 Å². The van der Waals surface area contributed by atoms with Gasteiger partial charge in [0.1, 0.15) is 13.2 Å². The molecule has 8 nitrogen and oxygen atoms in total. The van der Waals surface area contributed by atoms with Crippen molar-refractivity contribution in [3.8, 4) is 0 Å². The van der Waals surface area contributed by atoms with E-state index >= 15 is 0 Å². The highest BCUT2D eigenvalue weighted by molar-refractivity contribution is 5.94. The molecule has 2 heterocycles. The lowest BCUT2D eigenvalue weighted by Gasteiger charge is -2.15. The zero-order valence-electron chi connectivity index (χ0n) is 11.0. The van der Waals surface area contributed by atoms with Crippen LogP contribution in [0.3, 0.4) is 0 Å². The van der Waals surface area contributed by atoms with E-state index in [1.807, 2.05) is 0 Å². The van der Waals surface area contributed by atoms with Crippen LogP contribution in [0.5, 0.6) is 0 Å². The number of hydrogen-bond acceptors (Lipinski definition) is 6. The molecule has 0 aromatic heterocycles. The Labute approximate surface area is 115 Å². The normalized spacial score (nSPS) is 18.6. The van der Waals surface area contributed by atoms with Crippen molar-refractivity contribution >= 4 is 24.0 Å². The summed E-state index contributed by atoms with van der Waals surface area (Å²) < 4.78 is 9.64. The van der Waals surface area contributed by atoms with Crippen molar-refractivity contribution in [2.45, 2.75) is 25.7 Å². The molecule has 0 atom stereocenters. The topological polar surface area (TPSA) is 93.2 Å². The summed E-state index contributed by atoms with van der Waals surface area (Å²) in [5.74, 6) is -0.510. The molecule has 0 aromatic carbocycles. The van der Waals surface area contributed by atoms with Gasteiger partial charge in [0.25, 0.3) is 0 Å². The van der Waals surface area contributed by atoms with Crippen LogP contribution in [-0.4, -0.2) is 60.1 Å². The number of nitrogens with zero attached hydrogens (tertiary/aromatic N) is 2. The number of rotatable bonds is 3. The predicted molar refractivity (Wildman–Crippen MR) is 64.6 cm³/mol. The van der Waals surface area contributed by atoms with Gasteiger partial charge in [0, 0.05) is 25.9 Å². The lowest BCUT2D eigenvalue weighted by atomic mass is 10.4. The number of likely N-dealkylation sites (tertiary alicyclic amines) is 2. The number of carbonyl (C=O) groups excluding carboxylic acids is 4. The maximum atomic E-state index is 11.5. The smallest absolute Gasteiger partial charge is 0.416 e. The van der Waals surface area contributed by atoms with E-state index in [9.17, 15) is 19.2 Å². The van der Waals surface area contributed by atoms with E-state index in [1.54, 1.807) is 0 Å². The molecule has 0 unspecified atom stereocenters. The Balaban J connectivity index is 1.64. The standard InChI is InChI=1S/C12H16N2O6/c15-9-3-1-5-13(9)11(17)19-7-8-20-12(18)14-6-2-4-10(14)16/h1-8H2. The van der Waals surface area contributed by atoms with Crippen LogP contribution in [0.15, 0.2) is 0 Å². The lowest BCUT2D eigenvalue weighted by Crippen LogP contribution is -2.35. The molecular formula is C12H16N2O6. The van der Waals surface area contributed by atoms with Crippen molar-refractivity contribution in [2.75, 3.05) is 26.3 Å². The molecule has 2 rings (SSSR count). The minimum Gasteiger partial charge on any atom is -0.445 e. The third-order valence-electron chi connectivity index (χ3n) is 3.12. The van der Waals surface area contributed by atoms with Crippen molar-refractivity contribution in [3.63, 3.8) is 0 Å². The summed E-state index contributed by atoms with van der Waals surface area (Å²) in [7, 11) is 0. The first-order chi connectivity index (χ1) is 9.59. The quantitative estimate of drug-likeness (QED) is 0.701. The monoisotopic (exact) mass is 284 g/mol. The number of imide groups is 2. The van der Waals surface area contributed by atoms with Crippen molar-refractivity contribution in [1.82, 2.24) is 9.80 Å². The van der Waals surface area contributed by atoms with E-state index in [0.29, 0.717) is 38.8 Å². The van der Waals surface area contributed by atoms with E-state index < -0.39 is 12.2 Å². The Morgan fingerprint density at radius 2 is 1.25 bits per heavy atom. The molecule has 4 amide bonds. The van der Waals surface area contributed by atoms with Gasteiger partial charge in [0.05, 0.1) is 0 Å². The van der Waals surface area contributed by atoms with Gasteiger partial charge in [-0.25, -0.2) is 19.4 Å². The highest BCUT2D eigenvalue weighted by Gasteiger charge is 2.29. The van der Waals surface area contributed by atoms with Crippen LogP contribution in [-0.2, 0) is 19.1 Å². The molecule has 0 saturated carbocycles. The van der Waals surface area contributed by atoms with Gasteiger partial charge in [-0.3, -0.25) is 9.59 Å². The third kappa shape index (κ3) is 3.25. The van der Waals surface area contributed by atoms with Crippen LogP contribution >= 0.6 is 0 Å². The van der Waals surface area contributed by atoms with Crippen molar-refractivity contribution in [1.29, 1.82) is 0 Å². The SMILES string of the molecule is O=C1CCCN1C(=O)OCCOC(=O)N1CCCC1=O. The fourth-order valence-corrected chi connectivity index (χ4v) is 2.10. The zero-order chi connectivity index (χ0) is 14.5. The third-order valence-corrected chi connectivity index (χ3v) is 3.12. The molecule has 2 aliphatic heterocycles. The summed E-state index contributed by atoms with van der Waals surface area (Å²) in [4.78, 5) is 47.6. The molecule has 2 saturated heterocycles. The highest BCUT2D eigenvalue weighted by Crippen LogP contribution is 2.12. The number of carbonyl (C=O) groups is 4. The minimum absolute atomic E-state index is 0.142. The molecular weight excluding hydrogens is 268 g/mol. The van der Waals surface area contributed by atoms with Gasteiger partial charge < -0.3 is 9.47 Å². The summed E-state index contributed by atoms with van der Waals surface area (Å²) in [6, 6.07) is 0. The number of hydrogen-bond donors (Lipinski definition) is 0. The largest absolute Gasteiger partial charge is 0.445 e. The van der Waals surface area contributed by atoms with Crippen LogP contribution in [0.25, 0.3) is 0 Å². The Bertz CT molecular complexity index is 396. The molecule has 0 N–H and O–H groups in total. The van der Waals surface area contributed by atoms with E-state index in [2.05, 4.69) is 0 Å². The van der Waals surface area contributed by atoms with Gasteiger partial charge >= 0.3 is 12.2 Å². The van der Waals surface area contributed by atoms with Gasteiger partial charge in [0.2, 0.25) is 11.8 Å². The lowest BCUT2D eigenvalue weighted by molar-refractivity contribution is -0.127. The second kappa shape index (κ2) is 6.36. The fourth-order valence-electron chi connectivity index (χ4n) is 2.10. The summed E-state index contributed by atoms with van der Waals surface area (Å²) in [5.41, 5.74) is 0. The second-order valence-electron chi connectivity index (χ2n) is 4.53. The highest BCUT2D eigenvalue weighted by atomic mass is 16.6. The first-order valence-corrected chi connectivity index (χ1v) is 6.54. The first kappa shape index (κ1) is 14.3. The molecule has 20 heavy (non-hydrogen) atoms. The summed E-state index contributed by atoms with van der Waals surface area (Å²) in [6.45, 7) is 0.437. The summed E-state index contributed by atoms with van der Waals surface area (Å²) in [5, 5.41) is 0. The van der Waals surface area contributed by atoms with Crippen molar-refractivity contribution in [2.24, 2.45) is 0 Å². The molecule has 0 aliphatic carbocycles. The van der Waals surface area contributed by atoms with Crippen molar-refractivity contribution < 1.29 is 28.7 Å². The second-order valence-corrected chi connectivity index (χ2v) is 4.53.